The Hall–Kier alpha value is -0.120. The fourth-order valence-corrected chi connectivity index (χ4v) is 2.51. The molecular weight excluding hydrogens is 200 g/mol. The van der Waals surface area contributed by atoms with Crippen molar-refractivity contribution in [1.29, 1.82) is 0 Å². The van der Waals surface area contributed by atoms with Crippen molar-refractivity contribution in [2.45, 2.75) is 51.7 Å². The van der Waals surface area contributed by atoms with E-state index in [0.717, 1.165) is 32.5 Å². The molecule has 0 bridgehead atoms. The molecule has 1 unspecified atom stereocenters. The van der Waals surface area contributed by atoms with Crippen molar-refractivity contribution in [3.63, 3.8) is 0 Å². The summed E-state index contributed by atoms with van der Waals surface area (Å²) in [6.45, 7) is 10.7. The van der Waals surface area contributed by atoms with Gasteiger partial charge in [0.25, 0.3) is 0 Å². The second kappa shape index (κ2) is 5.99. The van der Waals surface area contributed by atoms with Gasteiger partial charge in [-0.05, 0) is 46.3 Å². The highest BCUT2D eigenvalue weighted by atomic mass is 16.3. The number of rotatable bonds is 4. The first-order valence-electron chi connectivity index (χ1n) is 6.65. The van der Waals surface area contributed by atoms with Gasteiger partial charge in [0.1, 0.15) is 0 Å². The summed E-state index contributed by atoms with van der Waals surface area (Å²) in [6.07, 6.45) is 2.91. The van der Waals surface area contributed by atoms with Crippen LogP contribution in [-0.2, 0) is 0 Å². The van der Waals surface area contributed by atoms with Crippen LogP contribution >= 0.6 is 0 Å². The van der Waals surface area contributed by atoms with E-state index in [0.29, 0.717) is 6.04 Å². The lowest BCUT2D eigenvalue weighted by Crippen LogP contribution is -2.47. The molecule has 1 rings (SSSR count). The van der Waals surface area contributed by atoms with Crippen LogP contribution in [0.1, 0.15) is 40.0 Å². The minimum atomic E-state index is -0.489. The molecule has 1 heterocycles. The summed E-state index contributed by atoms with van der Waals surface area (Å²) in [5.74, 6) is 0. The minimum Gasteiger partial charge on any atom is -0.389 e. The van der Waals surface area contributed by atoms with Crippen LogP contribution in [0.4, 0.5) is 0 Å². The molecule has 1 saturated heterocycles. The van der Waals surface area contributed by atoms with Crippen LogP contribution in [0.3, 0.4) is 0 Å². The monoisotopic (exact) mass is 228 g/mol. The standard InChI is InChI=1S/C13H28N2O/c1-5-13(16,6-2)11-15-9-7-8-14(4)10-12(15)3/h12,16H,5-11H2,1-4H3. The summed E-state index contributed by atoms with van der Waals surface area (Å²) in [7, 11) is 2.19. The topological polar surface area (TPSA) is 26.7 Å². The van der Waals surface area contributed by atoms with Gasteiger partial charge < -0.3 is 10.0 Å². The maximum atomic E-state index is 10.4. The van der Waals surface area contributed by atoms with Crippen LogP contribution in [0.15, 0.2) is 0 Å². The van der Waals surface area contributed by atoms with Crippen molar-refractivity contribution in [3.05, 3.63) is 0 Å². The van der Waals surface area contributed by atoms with Gasteiger partial charge in [-0.3, -0.25) is 4.90 Å². The fraction of sp³-hybridized carbons (Fsp3) is 1.00. The van der Waals surface area contributed by atoms with Gasteiger partial charge in [-0.2, -0.15) is 0 Å². The first-order chi connectivity index (χ1) is 7.50. The van der Waals surface area contributed by atoms with Crippen LogP contribution < -0.4 is 0 Å². The van der Waals surface area contributed by atoms with Crippen LogP contribution in [0, 0.1) is 0 Å². The number of nitrogens with zero attached hydrogens (tertiary/aromatic N) is 2. The van der Waals surface area contributed by atoms with Crippen LogP contribution in [0.2, 0.25) is 0 Å². The zero-order chi connectivity index (χ0) is 12.2. The van der Waals surface area contributed by atoms with Crippen LogP contribution in [-0.4, -0.2) is 59.8 Å². The van der Waals surface area contributed by atoms with E-state index in [1.165, 1.54) is 13.0 Å². The number of hydrogen-bond donors (Lipinski definition) is 1. The SMILES string of the molecule is CCC(O)(CC)CN1CCCN(C)CC1C. The van der Waals surface area contributed by atoms with E-state index in [4.69, 9.17) is 0 Å². The number of likely N-dealkylation sites (N-methyl/N-ethyl adjacent to an activating group) is 1. The predicted molar refractivity (Wildman–Crippen MR) is 68.7 cm³/mol. The van der Waals surface area contributed by atoms with Crippen molar-refractivity contribution in [2.75, 3.05) is 33.2 Å². The van der Waals surface area contributed by atoms with Gasteiger partial charge in [0.15, 0.2) is 0 Å². The molecule has 1 aliphatic rings. The molecule has 0 saturated carbocycles. The Kier molecular flexibility index (Phi) is 5.22. The Morgan fingerprint density at radius 1 is 1.25 bits per heavy atom. The molecule has 1 N–H and O–H groups in total. The quantitative estimate of drug-likeness (QED) is 0.791. The average Bonchev–Trinajstić information content (AvgIpc) is 2.41. The van der Waals surface area contributed by atoms with E-state index in [1.807, 2.05) is 0 Å². The van der Waals surface area contributed by atoms with Crippen molar-refractivity contribution in [1.82, 2.24) is 9.80 Å². The second-order valence-electron chi connectivity index (χ2n) is 5.37. The lowest BCUT2D eigenvalue weighted by atomic mass is 9.96. The van der Waals surface area contributed by atoms with Gasteiger partial charge in [-0.1, -0.05) is 13.8 Å². The molecule has 0 aromatic heterocycles. The van der Waals surface area contributed by atoms with Crippen molar-refractivity contribution < 1.29 is 5.11 Å². The molecule has 0 aromatic carbocycles. The maximum Gasteiger partial charge on any atom is 0.0769 e. The first-order valence-corrected chi connectivity index (χ1v) is 6.65. The summed E-state index contributed by atoms with van der Waals surface area (Å²) in [6, 6.07) is 0.553. The summed E-state index contributed by atoms with van der Waals surface area (Å²) in [5, 5.41) is 10.4. The minimum absolute atomic E-state index is 0.489. The van der Waals surface area contributed by atoms with Gasteiger partial charge in [-0.15, -0.1) is 0 Å². The molecule has 96 valence electrons. The Balaban J connectivity index is 2.57. The smallest absolute Gasteiger partial charge is 0.0769 e. The predicted octanol–water partition coefficient (Wildman–Crippen LogP) is 1.56. The van der Waals surface area contributed by atoms with Gasteiger partial charge >= 0.3 is 0 Å². The zero-order valence-electron chi connectivity index (χ0n) is 11.4. The molecule has 3 heteroatoms. The highest BCUT2D eigenvalue weighted by Gasteiger charge is 2.29. The molecule has 3 nitrogen and oxygen atoms in total. The fourth-order valence-electron chi connectivity index (χ4n) is 2.51. The summed E-state index contributed by atoms with van der Waals surface area (Å²) in [4.78, 5) is 4.85. The molecule has 1 aliphatic heterocycles. The summed E-state index contributed by atoms with van der Waals surface area (Å²) >= 11 is 0. The molecule has 0 radical (unpaired) electrons. The maximum absolute atomic E-state index is 10.4. The van der Waals surface area contributed by atoms with Crippen molar-refractivity contribution in [3.8, 4) is 0 Å². The molecule has 1 atom stereocenters. The van der Waals surface area contributed by atoms with Gasteiger partial charge in [-0.25, -0.2) is 0 Å². The van der Waals surface area contributed by atoms with E-state index in [1.54, 1.807) is 0 Å². The number of hydrogen-bond acceptors (Lipinski definition) is 3. The third kappa shape index (κ3) is 3.72. The molecule has 1 fully saturated rings. The van der Waals surface area contributed by atoms with Crippen LogP contribution in [0.25, 0.3) is 0 Å². The Morgan fingerprint density at radius 3 is 2.44 bits per heavy atom. The third-order valence-electron chi connectivity index (χ3n) is 4.00. The van der Waals surface area contributed by atoms with E-state index in [-0.39, 0.29) is 0 Å². The molecule has 0 aliphatic carbocycles. The number of aliphatic hydroxyl groups is 1. The highest BCUT2D eigenvalue weighted by molar-refractivity contribution is 4.84. The average molecular weight is 228 g/mol. The summed E-state index contributed by atoms with van der Waals surface area (Å²) in [5.41, 5.74) is -0.489. The van der Waals surface area contributed by atoms with E-state index in [2.05, 4.69) is 37.6 Å². The number of β-amino-alcohol motifs (C(OH)–C–C–N with tert-alkyl or cyclic N) is 1. The molecule has 0 spiro atoms. The van der Waals surface area contributed by atoms with E-state index < -0.39 is 5.60 Å². The van der Waals surface area contributed by atoms with E-state index >= 15 is 0 Å². The molecule has 0 amide bonds. The normalized spacial score (nSPS) is 25.7. The summed E-state index contributed by atoms with van der Waals surface area (Å²) < 4.78 is 0. The van der Waals surface area contributed by atoms with Crippen molar-refractivity contribution in [2.24, 2.45) is 0 Å². The third-order valence-corrected chi connectivity index (χ3v) is 4.00. The molecule has 0 aromatic rings. The largest absolute Gasteiger partial charge is 0.389 e. The lowest BCUT2D eigenvalue weighted by molar-refractivity contribution is -0.0122. The molecular formula is C13H28N2O. The highest BCUT2D eigenvalue weighted by Crippen LogP contribution is 2.19. The van der Waals surface area contributed by atoms with E-state index in [9.17, 15) is 5.11 Å². The second-order valence-corrected chi connectivity index (χ2v) is 5.37. The van der Waals surface area contributed by atoms with Gasteiger partial charge in [0, 0.05) is 19.1 Å². The van der Waals surface area contributed by atoms with Gasteiger partial charge in [0.2, 0.25) is 0 Å². The molecule has 16 heavy (non-hydrogen) atoms. The van der Waals surface area contributed by atoms with Crippen LogP contribution in [0.5, 0.6) is 0 Å². The zero-order valence-corrected chi connectivity index (χ0v) is 11.4. The van der Waals surface area contributed by atoms with Gasteiger partial charge in [0.05, 0.1) is 5.60 Å². The Labute approximate surface area is 100 Å². The Morgan fingerprint density at radius 2 is 1.88 bits per heavy atom. The van der Waals surface area contributed by atoms with Crippen molar-refractivity contribution >= 4 is 0 Å². The first kappa shape index (κ1) is 13.9. The Bertz CT molecular complexity index is 204. The lowest BCUT2D eigenvalue weighted by Gasteiger charge is -2.35.